The number of halogens is 1. The van der Waals surface area contributed by atoms with Gasteiger partial charge in [0.05, 0.1) is 15.7 Å². The quantitative estimate of drug-likeness (QED) is 0.633. The number of thioether (sulfide) groups is 1. The number of rotatable bonds is 5. The minimum atomic E-state index is -0.0329. The standard InChI is InChI=1S/C16H14ClNOS/c1-20-16(18-14-10-6-5-9-13(14)17)11-15(19)12-7-3-2-4-8-12/h2-11,18H,1H3/b16-11-. The number of allylic oxidation sites excluding steroid dienone is 1. The third kappa shape index (κ3) is 3.89. The van der Waals surface area contributed by atoms with Gasteiger partial charge in [-0.25, -0.2) is 0 Å². The Labute approximate surface area is 127 Å². The molecule has 0 saturated heterocycles. The van der Waals surface area contributed by atoms with Crippen molar-refractivity contribution in [3.63, 3.8) is 0 Å². The van der Waals surface area contributed by atoms with Crippen LogP contribution in [-0.2, 0) is 0 Å². The Kier molecular flexibility index (Phi) is 5.27. The molecule has 2 aromatic carbocycles. The first kappa shape index (κ1) is 14.7. The van der Waals surface area contributed by atoms with Crippen LogP contribution in [0.25, 0.3) is 0 Å². The number of nitrogens with one attached hydrogen (secondary N) is 1. The number of para-hydroxylation sites is 1. The molecule has 2 nitrogen and oxygen atoms in total. The minimum Gasteiger partial charge on any atom is -0.349 e. The fourth-order valence-electron chi connectivity index (χ4n) is 1.65. The lowest BCUT2D eigenvalue weighted by Gasteiger charge is -2.09. The van der Waals surface area contributed by atoms with Gasteiger partial charge in [-0.2, -0.15) is 0 Å². The van der Waals surface area contributed by atoms with Crippen molar-refractivity contribution in [3.8, 4) is 0 Å². The molecule has 0 spiro atoms. The van der Waals surface area contributed by atoms with Crippen LogP contribution in [0.5, 0.6) is 0 Å². The second kappa shape index (κ2) is 7.17. The van der Waals surface area contributed by atoms with Crippen LogP contribution in [0.2, 0.25) is 5.02 Å². The van der Waals surface area contributed by atoms with E-state index in [0.29, 0.717) is 10.6 Å². The summed E-state index contributed by atoms with van der Waals surface area (Å²) in [5.41, 5.74) is 1.45. The van der Waals surface area contributed by atoms with Gasteiger partial charge < -0.3 is 5.32 Å². The third-order valence-corrected chi connectivity index (χ3v) is 3.66. The Morgan fingerprint density at radius 2 is 1.75 bits per heavy atom. The summed E-state index contributed by atoms with van der Waals surface area (Å²) in [6.07, 6.45) is 3.50. The van der Waals surface area contributed by atoms with E-state index in [1.165, 1.54) is 11.8 Å². The maximum atomic E-state index is 12.1. The van der Waals surface area contributed by atoms with Gasteiger partial charge in [0, 0.05) is 11.6 Å². The smallest absolute Gasteiger partial charge is 0.188 e. The Bertz CT molecular complexity index is 625. The number of hydrogen-bond acceptors (Lipinski definition) is 3. The van der Waals surface area contributed by atoms with E-state index < -0.39 is 0 Å². The van der Waals surface area contributed by atoms with Crippen molar-refractivity contribution in [2.45, 2.75) is 0 Å². The fraction of sp³-hybridized carbons (Fsp3) is 0.0625. The summed E-state index contributed by atoms with van der Waals surface area (Å²) < 4.78 is 0. The summed E-state index contributed by atoms with van der Waals surface area (Å²) in [7, 11) is 0. The van der Waals surface area contributed by atoms with Crippen molar-refractivity contribution in [1.82, 2.24) is 0 Å². The summed E-state index contributed by atoms with van der Waals surface area (Å²) in [4.78, 5) is 12.1. The van der Waals surface area contributed by atoms with Gasteiger partial charge in [-0.1, -0.05) is 54.1 Å². The van der Waals surface area contributed by atoms with Crippen LogP contribution >= 0.6 is 23.4 Å². The first-order valence-electron chi connectivity index (χ1n) is 6.07. The average Bonchev–Trinajstić information content (AvgIpc) is 2.49. The van der Waals surface area contributed by atoms with E-state index >= 15 is 0 Å². The zero-order valence-corrected chi connectivity index (χ0v) is 12.5. The maximum absolute atomic E-state index is 12.1. The Morgan fingerprint density at radius 3 is 2.40 bits per heavy atom. The zero-order chi connectivity index (χ0) is 14.4. The third-order valence-electron chi connectivity index (χ3n) is 2.67. The number of benzene rings is 2. The first-order chi connectivity index (χ1) is 9.70. The second-order valence-electron chi connectivity index (χ2n) is 4.05. The molecule has 0 saturated carbocycles. The van der Waals surface area contributed by atoms with Gasteiger partial charge >= 0.3 is 0 Å². The molecular formula is C16H14ClNOS. The molecular weight excluding hydrogens is 290 g/mol. The summed E-state index contributed by atoms with van der Waals surface area (Å²) in [5, 5.41) is 4.55. The highest BCUT2D eigenvalue weighted by molar-refractivity contribution is 8.02. The highest BCUT2D eigenvalue weighted by Gasteiger charge is 2.06. The molecule has 0 bridgehead atoms. The van der Waals surface area contributed by atoms with Crippen molar-refractivity contribution < 1.29 is 4.79 Å². The molecule has 0 aliphatic heterocycles. The van der Waals surface area contributed by atoms with Crippen LogP contribution in [0.4, 0.5) is 5.69 Å². The average molecular weight is 304 g/mol. The first-order valence-corrected chi connectivity index (χ1v) is 7.67. The molecule has 2 aromatic rings. The molecule has 20 heavy (non-hydrogen) atoms. The topological polar surface area (TPSA) is 29.1 Å². The number of carbonyl (C=O) groups excluding carboxylic acids is 1. The van der Waals surface area contributed by atoms with E-state index in [1.54, 1.807) is 24.3 Å². The largest absolute Gasteiger partial charge is 0.349 e. The van der Waals surface area contributed by atoms with Crippen molar-refractivity contribution in [2.75, 3.05) is 11.6 Å². The Morgan fingerprint density at radius 1 is 1.10 bits per heavy atom. The molecule has 0 radical (unpaired) electrons. The van der Waals surface area contributed by atoms with Gasteiger partial charge in [0.15, 0.2) is 5.78 Å². The van der Waals surface area contributed by atoms with Crippen LogP contribution in [0.1, 0.15) is 10.4 Å². The van der Waals surface area contributed by atoms with Crippen molar-refractivity contribution >= 4 is 34.8 Å². The summed E-state index contributed by atoms with van der Waals surface area (Å²) >= 11 is 7.56. The lowest BCUT2D eigenvalue weighted by atomic mass is 10.1. The minimum absolute atomic E-state index is 0.0329. The van der Waals surface area contributed by atoms with Crippen LogP contribution in [-0.4, -0.2) is 12.0 Å². The highest BCUT2D eigenvalue weighted by atomic mass is 35.5. The number of anilines is 1. The molecule has 0 aromatic heterocycles. The fourth-order valence-corrected chi connectivity index (χ4v) is 2.27. The molecule has 2 rings (SSSR count). The van der Waals surface area contributed by atoms with E-state index in [-0.39, 0.29) is 5.78 Å². The van der Waals surface area contributed by atoms with Crippen LogP contribution in [0.15, 0.2) is 65.7 Å². The number of ketones is 1. The van der Waals surface area contributed by atoms with E-state index in [0.717, 1.165) is 10.7 Å². The van der Waals surface area contributed by atoms with Gasteiger partial charge in [-0.3, -0.25) is 4.79 Å². The molecule has 0 unspecified atom stereocenters. The van der Waals surface area contributed by atoms with Crippen LogP contribution in [0, 0.1) is 0 Å². The maximum Gasteiger partial charge on any atom is 0.188 e. The molecule has 0 amide bonds. The van der Waals surface area contributed by atoms with E-state index in [1.807, 2.05) is 42.7 Å². The van der Waals surface area contributed by atoms with Gasteiger partial charge in [-0.15, -0.1) is 11.8 Å². The zero-order valence-electron chi connectivity index (χ0n) is 11.0. The molecule has 102 valence electrons. The Balaban J connectivity index is 2.18. The number of carbonyl (C=O) groups is 1. The van der Waals surface area contributed by atoms with Gasteiger partial charge in [0.1, 0.15) is 0 Å². The van der Waals surface area contributed by atoms with Crippen molar-refractivity contribution in [1.29, 1.82) is 0 Å². The molecule has 0 heterocycles. The van der Waals surface area contributed by atoms with Gasteiger partial charge in [-0.05, 0) is 18.4 Å². The van der Waals surface area contributed by atoms with E-state index in [2.05, 4.69) is 5.32 Å². The highest BCUT2D eigenvalue weighted by Crippen LogP contribution is 2.25. The van der Waals surface area contributed by atoms with Crippen LogP contribution < -0.4 is 5.32 Å². The van der Waals surface area contributed by atoms with Gasteiger partial charge in [0.2, 0.25) is 0 Å². The lowest BCUT2D eigenvalue weighted by molar-refractivity contribution is 0.104. The number of hydrogen-bond donors (Lipinski definition) is 1. The summed E-state index contributed by atoms with van der Waals surface area (Å²) in [5.74, 6) is -0.0329. The second-order valence-corrected chi connectivity index (χ2v) is 5.30. The predicted molar refractivity (Wildman–Crippen MR) is 87.4 cm³/mol. The lowest BCUT2D eigenvalue weighted by Crippen LogP contribution is -2.01. The summed E-state index contributed by atoms with van der Waals surface area (Å²) in [6, 6.07) is 16.6. The van der Waals surface area contributed by atoms with Crippen molar-refractivity contribution in [3.05, 3.63) is 76.3 Å². The predicted octanol–water partition coefficient (Wildman–Crippen LogP) is 4.84. The molecule has 0 atom stereocenters. The van der Waals surface area contributed by atoms with Crippen LogP contribution in [0.3, 0.4) is 0 Å². The molecule has 0 aliphatic rings. The molecule has 1 N–H and O–H groups in total. The van der Waals surface area contributed by atoms with E-state index in [9.17, 15) is 4.79 Å². The molecule has 4 heteroatoms. The normalized spacial score (nSPS) is 11.2. The molecule has 0 aliphatic carbocycles. The SMILES string of the molecule is CS/C(=C\C(=O)c1ccccc1)Nc1ccccc1Cl. The monoisotopic (exact) mass is 303 g/mol. The Hall–Kier alpha value is -1.71. The van der Waals surface area contributed by atoms with E-state index in [4.69, 9.17) is 11.6 Å². The summed E-state index contributed by atoms with van der Waals surface area (Å²) in [6.45, 7) is 0. The van der Waals surface area contributed by atoms with Gasteiger partial charge in [0.25, 0.3) is 0 Å². The van der Waals surface area contributed by atoms with Crippen molar-refractivity contribution in [2.24, 2.45) is 0 Å². The molecule has 0 fully saturated rings.